The summed E-state index contributed by atoms with van der Waals surface area (Å²) in [5.74, 6) is 0. The monoisotopic (exact) mass is 253 g/mol. The van der Waals surface area contributed by atoms with Gasteiger partial charge in [0.05, 0.1) is 18.6 Å². The van der Waals surface area contributed by atoms with Crippen LogP contribution >= 0.6 is 0 Å². The third-order valence-electron chi connectivity index (χ3n) is 4.77. The first-order valence-electron chi connectivity index (χ1n) is 7.19. The first-order valence-corrected chi connectivity index (χ1v) is 7.19. The molecule has 19 heavy (non-hydrogen) atoms. The Morgan fingerprint density at radius 2 is 1.89 bits per heavy atom. The van der Waals surface area contributed by atoms with E-state index >= 15 is 0 Å². The standard InChI is InChI=1S/C17H19NO/c1-2-5-14-10-15(8-7-13(14)4-1)17(11-19-12-17)16-6-3-9-18-16/h1-2,4-5,7-8,10,16,18H,3,6,9,11-12H2. The fourth-order valence-corrected chi connectivity index (χ4v) is 3.55. The van der Waals surface area contributed by atoms with Crippen LogP contribution in [0.4, 0.5) is 0 Å². The van der Waals surface area contributed by atoms with Gasteiger partial charge >= 0.3 is 0 Å². The molecule has 0 amide bonds. The predicted molar refractivity (Wildman–Crippen MR) is 77.5 cm³/mol. The van der Waals surface area contributed by atoms with Crippen molar-refractivity contribution in [1.29, 1.82) is 0 Å². The molecule has 2 heterocycles. The Kier molecular flexibility index (Phi) is 2.61. The van der Waals surface area contributed by atoms with E-state index in [0.717, 1.165) is 19.8 Å². The van der Waals surface area contributed by atoms with Crippen LogP contribution in [-0.4, -0.2) is 25.8 Å². The number of nitrogens with one attached hydrogen (secondary N) is 1. The lowest BCUT2D eigenvalue weighted by atomic mass is 9.71. The maximum Gasteiger partial charge on any atom is 0.0600 e. The summed E-state index contributed by atoms with van der Waals surface area (Å²) in [7, 11) is 0. The molecule has 2 heteroatoms. The molecule has 2 aromatic carbocycles. The SMILES string of the molecule is c1ccc2cc(C3(C4CCCN4)COC3)ccc2c1. The van der Waals surface area contributed by atoms with E-state index in [1.807, 2.05) is 0 Å². The molecule has 2 fully saturated rings. The smallest absolute Gasteiger partial charge is 0.0600 e. The van der Waals surface area contributed by atoms with Gasteiger partial charge in [-0.2, -0.15) is 0 Å². The van der Waals surface area contributed by atoms with Crippen molar-refractivity contribution in [2.24, 2.45) is 0 Å². The van der Waals surface area contributed by atoms with Crippen molar-refractivity contribution < 1.29 is 4.74 Å². The number of hydrogen-bond acceptors (Lipinski definition) is 2. The van der Waals surface area contributed by atoms with Crippen LogP contribution in [-0.2, 0) is 10.2 Å². The topological polar surface area (TPSA) is 21.3 Å². The lowest BCUT2D eigenvalue weighted by Crippen LogP contribution is -2.58. The summed E-state index contributed by atoms with van der Waals surface area (Å²) in [5.41, 5.74) is 1.65. The van der Waals surface area contributed by atoms with Crippen molar-refractivity contribution in [2.75, 3.05) is 19.8 Å². The molecule has 2 aromatic rings. The molecule has 4 rings (SSSR count). The lowest BCUT2D eigenvalue weighted by molar-refractivity contribution is -0.0760. The van der Waals surface area contributed by atoms with Gasteiger partial charge in [0.2, 0.25) is 0 Å². The number of fused-ring (bicyclic) bond motifs is 1. The average Bonchev–Trinajstić information content (AvgIpc) is 2.92. The van der Waals surface area contributed by atoms with E-state index in [9.17, 15) is 0 Å². The van der Waals surface area contributed by atoms with Crippen LogP contribution in [0.3, 0.4) is 0 Å². The minimum absolute atomic E-state index is 0.209. The number of benzene rings is 2. The van der Waals surface area contributed by atoms with E-state index in [1.54, 1.807) is 0 Å². The van der Waals surface area contributed by atoms with Gasteiger partial charge in [-0.15, -0.1) is 0 Å². The third kappa shape index (κ3) is 1.71. The maximum atomic E-state index is 5.58. The summed E-state index contributed by atoms with van der Waals surface area (Å²) in [5, 5.41) is 6.32. The summed E-state index contributed by atoms with van der Waals surface area (Å²) >= 11 is 0. The van der Waals surface area contributed by atoms with Crippen molar-refractivity contribution in [3.05, 3.63) is 48.0 Å². The van der Waals surface area contributed by atoms with E-state index in [1.165, 1.54) is 29.2 Å². The lowest BCUT2D eigenvalue weighted by Gasteiger charge is -2.46. The van der Waals surface area contributed by atoms with Crippen LogP contribution in [0.5, 0.6) is 0 Å². The normalized spacial score (nSPS) is 25.4. The summed E-state index contributed by atoms with van der Waals surface area (Å²) < 4.78 is 5.58. The molecule has 2 aliphatic heterocycles. The van der Waals surface area contributed by atoms with Crippen molar-refractivity contribution in [3.63, 3.8) is 0 Å². The third-order valence-corrected chi connectivity index (χ3v) is 4.77. The van der Waals surface area contributed by atoms with Crippen LogP contribution < -0.4 is 5.32 Å². The minimum atomic E-state index is 0.209. The van der Waals surface area contributed by atoms with Crippen molar-refractivity contribution in [2.45, 2.75) is 24.3 Å². The molecule has 1 unspecified atom stereocenters. The Balaban J connectivity index is 1.79. The van der Waals surface area contributed by atoms with E-state index in [-0.39, 0.29) is 5.41 Å². The van der Waals surface area contributed by atoms with Crippen LogP contribution in [0.2, 0.25) is 0 Å². The van der Waals surface area contributed by atoms with Crippen LogP contribution in [0, 0.1) is 0 Å². The molecule has 2 aliphatic rings. The molecule has 0 radical (unpaired) electrons. The van der Waals surface area contributed by atoms with Gasteiger partial charge in [0, 0.05) is 6.04 Å². The Hall–Kier alpha value is -1.38. The van der Waals surface area contributed by atoms with Gasteiger partial charge in [-0.25, -0.2) is 0 Å². The number of ether oxygens (including phenoxy) is 1. The zero-order valence-corrected chi connectivity index (χ0v) is 11.1. The maximum absolute atomic E-state index is 5.58. The summed E-state index contributed by atoms with van der Waals surface area (Å²) in [4.78, 5) is 0. The Labute approximate surface area is 113 Å². The second-order valence-electron chi connectivity index (χ2n) is 5.86. The molecule has 0 saturated carbocycles. The molecule has 0 spiro atoms. The molecule has 98 valence electrons. The molecular formula is C17H19NO. The van der Waals surface area contributed by atoms with Gasteiger partial charge in [0.1, 0.15) is 0 Å². The highest BCUT2D eigenvalue weighted by Crippen LogP contribution is 2.39. The largest absolute Gasteiger partial charge is 0.379 e. The van der Waals surface area contributed by atoms with Crippen molar-refractivity contribution in [3.8, 4) is 0 Å². The Morgan fingerprint density at radius 1 is 1.05 bits per heavy atom. The molecule has 2 saturated heterocycles. The molecule has 2 nitrogen and oxygen atoms in total. The van der Waals surface area contributed by atoms with E-state index < -0.39 is 0 Å². The second kappa shape index (κ2) is 4.32. The van der Waals surface area contributed by atoms with E-state index in [0.29, 0.717) is 6.04 Å². The zero-order chi connectivity index (χ0) is 12.7. The molecule has 0 aliphatic carbocycles. The second-order valence-corrected chi connectivity index (χ2v) is 5.86. The van der Waals surface area contributed by atoms with Gasteiger partial charge in [0.15, 0.2) is 0 Å². The minimum Gasteiger partial charge on any atom is -0.379 e. The molecule has 0 bridgehead atoms. The molecule has 0 aromatic heterocycles. The molecular weight excluding hydrogens is 234 g/mol. The number of rotatable bonds is 2. The van der Waals surface area contributed by atoms with Crippen LogP contribution in [0.25, 0.3) is 10.8 Å². The molecule has 1 N–H and O–H groups in total. The van der Waals surface area contributed by atoms with Crippen LogP contribution in [0.15, 0.2) is 42.5 Å². The first-order chi connectivity index (χ1) is 9.38. The van der Waals surface area contributed by atoms with Crippen LogP contribution in [0.1, 0.15) is 18.4 Å². The van der Waals surface area contributed by atoms with Gasteiger partial charge in [-0.1, -0.05) is 42.5 Å². The highest BCUT2D eigenvalue weighted by Gasteiger charge is 2.47. The van der Waals surface area contributed by atoms with E-state index in [4.69, 9.17) is 4.74 Å². The van der Waals surface area contributed by atoms with Gasteiger partial charge in [-0.05, 0) is 35.7 Å². The molecule has 1 atom stereocenters. The summed E-state index contributed by atoms with van der Waals surface area (Å²) in [6.07, 6.45) is 2.57. The van der Waals surface area contributed by atoms with Gasteiger partial charge in [-0.3, -0.25) is 0 Å². The fourth-order valence-electron chi connectivity index (χ4n) is 3.55. The highest BCUT2D eigenvalue weighted by atomic mass is 16.5. The van der Waals surface area contributed by atoms with Crippen molar-refractivity contribution in [1.82, 2.24) is 5.32 Å². The summed E-state index contributed by atoms with van der Waals surface area (Å²) in [6.45, 7) is 2.88. The van der Waals surface area contributed by atoms with Gasteiger partial charge in [0.25, 0.3) is 0 Å². The highest BCUT2D eigenvalue weighted by molar-refractivity contribution is 5.83. The van der Waals surface area contributed by atoms with E-state index in [2.05, 4.69) is 47.8 Å². The number of hydrogen-bond donors (Lipinski definition) is 1. The first kappa shape index (κ1) is 11.4. The Bertz CT molecular complexity index is 597. The quantitative estimate of drug-likeness (QED) is 0.888. The Morgan fingerprint density at radius 3 is 2.58 bits per heavy atom. The fraction of sp³-hybridized carbons (Fsp3) is 0.412. The predicted octanol–water partition coefficient (Wildman–Crippen LogP) is 2.86. The van der Waals surface area contributed by atoms with Gasteiger partial charge < -0.3 is 10.1 Å². The average molecular weight is 253 g/mol. The zero-order valence-electron chi connectivity index (χ0n) is 11.1. The van der Waals surface area contributed by atoms with Crippen molar-refractivity contribution >= 4 is 10.8 Å². The summed E-state index contributed by atoms with van der Waals surface area (Å²) in [6, 6.07) is 16.1.